The van der Waals surface area contributed by atoms with Crippen LogP contribution in [0.2, 0.25) is 0 Å². The zero-order chi connectivity index (χ0) is 13.3. The van der Waals surface area contributed by atoms with Gasteiger partial charge in [0.05, 0.1) is 19.3 Å². The van der Waals surface area contributed by atoms with E-state index in [0.29, 0.717) is 6.54 Å². The van der Waals surface area contributed by atoms with Crippen molar-refractivity contribution in [3.63, 3.8) is 0 Å². The molecular weight excluding hydrogens is 236 g/mol. The Morgan fingerprint density at radius 1 is 1.39 bits per heavy atom. The van der Waals surface area contributed by atoms with Crippen molar-refractivity contribution in [3.8, 4) is 0 Å². The fourth-order valence-corrected chi connectivity index (χ4v) is 2.48. The first-order valence-corrected chi connectivity index (χ1v) is 6.25. The van der Waals surface area contributed by atoms with Gasteiger partial charge in [-0.2, -0.15) is 0 Å². The Morgan fingerprint density at radius 3 is 2.67 bits per heavy atom. The molecule has 2 aliphatic rings. The topological polar surface area (TPSA) is 78.9 Å². The molecule has 2 amide bonds. The lowest BCUT2D eigenvalue weighted by atomic mass is 9.93. The van der Waals surface area contributed by atoms with E-state index in [1.54, 1.807) is 4.90 Å². The molecule has 0 aromatic carbocycles. The van der Waals surface area contributed by atoms with Gasteiger partial charge in [-0.05, 0) is 11.8 Å². The van der Waals surface area contributed by atoms with Gasteiger partial charge in [0.1, 0.15) is 5.92 Å². The number of nitrogens with one attached hydrogen (secondary N) is 1. The summed E-state index contributed by atoms with van der Waals surface area (Å²) in [6.45, 7) is 6.14. The fourth-order valence-electron chi connectivity index (χ4n) is 2.48. The molecule has 0 aromatic rings. The molecule has 2 rings (SSSR count). The molecule has 102 valence electrons. The zero-order valence-corrected chi connectivity index (χ0v) is 10.8. The first kappa shape index (κ1) is 13.1. The number of urea groups is 1. The Balaban J connectivity index is 1.90. The van der Waals surface area contributed by atoms with E-state index >= 15 is 0 Å². The van der Waals surface area contributed by atoms with E-state index in [0.717, 1.165) is 13.0 Å². The van der Waals surface area contributed by atoms with Crippen molar-refractivity contribution in [1.82, 2.24) is 10.2 Å². The lowest BCUT2D eigenvalue weighted by Crippen LogP contribution is -2.48. The van der Waals surface area contributed by atoms with Crippen molar-refractivity contribution >= 4 is 12.0 Å². The van der Waals surface area contributed by atoms with E-state index in [-0.39, 0.29) is 24.7 Å². The summed E-state index contributed by atoms with van der Waals surface area (Å²) in [6.07, 6.45) is 0.976. The van der Waals surface area contributed by atoms with E-state index in [9.17, 15) is 9.59 Å². The average molecular weight is 256 g/mol. The molecule has 0 bridgehead atoms. The zero-order valence-electron chi connectivity index (χ0n) is 10.8. The minimum absolute atomic E-state index is 0.149. The summed E-state index contributed by atoms with van der Waals surface area (Å²) in [5, 5.41) is 11.8. The molecule has 0 aromatic heterocycles. The molecule has 0 spiro atoms. The molecule has 6 nitrogen and oxygen atoms in total. The number of amides is 2. The number of aliphatic carboxylic acids is 1. The van der Waals surface area contributed by atoms with Crippen LogP contribution in [0.5, 0.6) is 0 Å². The number of ether oxygens (including phenoxy) is 1. The van der Waals surface area contributed by atoms with Crippen molar-refractivity contribution in [3.05, 3.63) is 0 Å². The number of carboxylic acids is 1. The van der Waals surface area contributed by atoms with Crippen LogP contribution in [0.3, 0.4) is 0 Å². The van der Waals surface area contributed by atoms with E-state index < -0.39 is 17.9 Å². The Morgan fingerprint density at radius 2 is 2.11 bits per heavy atom. The first-order valence-electron chi connectivity index (χ1n) is 6.25. The van der Waals surface area contributed by atoms with E-state index in [4.69, 9.17) is 9.84 Å². The van der Waals surface area contributed by atoms with Crippen LogP contribution >= 0.6 is 0 Å². The lowest BCUT2D eigenvalue weighted by molar-refractivity contribution is -0.142. The van der Waals surface area contributed by atoms with Gasteiger partial charge in [0.25, 0.3) is 0 Å². The molecule has 0 aliphatic carbocycles. The largest absolute Gasteiger partial charge is 0.481 e. The normalized spacial score (nSPS) is 30.4. The second-order valence-electron chi connectivity index (χ2n) is 5.87. The van der Waals surface area contributed by atoms with Crippen molar-refractivity contribution in [2.75, 3.05) is 26.3 Å². The number of likely N-dealkylation sites (tertiary alicyclic amines) is 1. The van der Waals surface area contributed by atoms with Gasteiger partial charge in [-0.15, -0.1) is 0 Å². The van der Waals surface area contributed by atoms with Gasteiger partial charge < -0.3 is 20.1 Å². The SMILES string of the molecule is CC1(C)CCN(C(=O)NC2COCC2C(=O)O)C1. The van der Waals surface area contributed by atoms with Crippen LogP contribution in [0.1, 0.15) is 20.3 Å². The van der Waals surface area contributed by atoms with Gasteiger partial charge >= 0.3 is 12.0 Å². The molecule has 2 saturated heterocycles. The van der Waals surface area contributed by atoms with Crippen LogP contribution in [-0.2, 0) is 9.53 Å². The summed E-state index contributed by atoms with van der Waals surface area (Å²) in [6, 6.07) is -0.596. The molecule has 18 heavy (non-hydrogen) atoms. The number of hydrogen-bond acceptors (Lipinski definition) is 3. The minimum atomic E-state index is -0.917. The molecular formula is C12H20N2O4. The summed E-state index contributed by atoms with van der Waals surface area (Å²) in [4.78, 5) is 24.7. The van der Waals surface area contributed by atoms with Crippen LogP contribution in [0.4, 0.5) is 4.79 Å². The predicted octanol–water partition coefficient (Wildman–Crippen LogP) is 0.527. The summed E-state index contributed by atoms with van der Waals surface area (Å²) >= 11 is 0. The molecule has 2 atom stereocenters. The smallest absolute Gasteiger partial charge is 0.317 e. The molecule has 2 unspecified atom stereocenters. The lowest BCUT2D eigenvalue weighted by Gasteiger charge is -2.23. The number of nitrogens with zero attached hydrogens (tertiary/aromatic N) is 1. The van der Waals surface area contributed by atoms with E-state index in [1.165, 1.54) is 0 Å². The summed E-state index contributed by atoms with van der Waals surface area (Å²) in [5.41, 5.74) is 0.149. The van der Waals surface area contributed by atoms with Crippen LogP contribution in [0, 0.1) is 11.3 Å². The highest BCUT2D eigenvalue weighted by Crippen LogP contribution is 2.28. The summed E-state index contributed by atoms with van der Waals surface area (Å²) in [7, 11) is 0. The third kappa shape index (κ3) is 2.75. The van der Waals surface area contributed by atoms with Crippen molar-refractivity contribution in [2.45, 2.75) is 26.3 Å². The van der Waals surface area contributed by atoms with Crippen molar-refractivity contribution in [2.24, 2.45) is 11.3 Å². The molecule has 2 fully saturated rings. The van der Waals surface area contributed by atoms with Crippen LogP contribution < -0.4 is 5.32 Å². The number of rotatable bonds is 2. The molecule has 2 aliphatic heterocycles. The maximum atomic E-state index is 12.0. The quantitative estimate of drug-likeness (QED) is 0.755. The second kappa shape index (κ2) is 4.76. The van der Waals surface area contributed by atoms with Gasteiger partial charge in [-0.25, -0.2) is 4.79 Å². The summed E-state index contributed by atoms with van der Waals surface area (Å²) in [5.74, 6) is -1.55. The second-order valence-corrected chi connectivity index (χ2v) is 5.87. The maximum Gasteiger partial charge on any atom is 0.317 e. The number of carbonyl (C=O) groups excluding carboxylic acids is 1. The van der Waals surface area contributed by atoms with Gasteiger partial charge in [-0.3, -0.25) is 4.79 Å². The monoisotopic (exact) mass is 256 g/mol. The highest BCUT2D eigenvalue weighted by molar-refractivity contribution is 5.77. The van der Waals surface area contributed by atoms with Crippen LogP contribution in [-0.4, -0.2) is 54.4 Å². The highest BCUT2D eigenvalue weighted by atomic mass is 16.5. The number of carbonyl (C=O) groups is 2. The highest BCUT2D eigenvalue weighted by Gasteiger charge is 2.38. The Kier molecular flexibility index (Phi) is 3.47. The van der Waals surface area contributed by atoms with E-state index in [2.05, 4.69) is 19.2 Å². The molecule has 2 heterocycles. The predicted molar refractivity (Wildman–Crippen MR) is 64.2 cm³/mol. The molecule has 2 N–H and O–H groups in total. The molecule has 6 heteroatoms. The van der Waals surface area contributed by atoms with Crippen LogP contribution in [0.25, 0.3) is 0 Å². The van der Waals surface area contributed by atoms with Crippen LogP contribution in [0.15, 0.2) is 0 Å². The summed E-state index contributed by atoms with van der Waals surface area (Å²) < 4.78 is 5.12. The van der Waals surface area contributed by atoms with Crippen molar-refractivity contribution in [1.29, 1.82) is 0 Å². The molecule has 0 saturated carbocycles. The number of carboxylic acid groups (broad SMARTS) is 1. The third-order valence-electron chi connectivity index (χ3n) is 3.67. The fraction of sp³-hybridized carbons (Fsp3) is 0.833. The Bertz CT molecular complexity index is 356. The van der Waals surface area contributed by atoms with Gasteiger partial charge in [-0.1, -0.05) is 13.8 Å². The van der Waals surface area contributed by atoms with Gasteiger partial charge in [0.2, 0.25) is 0 Å². The average Bonchev–Trinajstić information content (AvgIpc) is 2.84. The standard InChI is InChI=1S/C12H20N2O4/c1-12(2)3-4-14(7-12)11(17)13-9-6-18-5-8(9)10(15)16/h8-9H,3-7H2,1-2H3,(H,13,17)(H,15,16). The Labute approximate surface area is 106 Å². The molecule has 0 radical (unpaired) electrons. The van der Waals surface area contributed by atoms with Gasteiger partial charge in [0, 0.05) is 13.1 Å². The van der Waals surface area contributed by atoms with E-state index in [1.807, 2.05) is 0 Å². The van der Waals surface area contributed by atoms with Gasteiger partial charge in [0.15, 0.2) is 0 Å². The minimum Gasteiger partial charge on any atom is -0.481 e. The Hall–Kier alpha value is -1.30. The first-order chi connectivity index (χ1) is 8.39. The third-order valence-corrected chi connectivity index (χ3v) is 3.67. The van der Waals surface area contributed by atoms with Crippen molar-refractivity contribution < 1.29 is 19.4 Å². The maximum absolute atomic E-state index is 12.0. The number of hydrogen-bond donors (Lipinski definition) is 2.